The van der Waals surface area contributed by atoms with Gasteiger partial charge in [0.05, 0.1) is 42.0 Å². The number of aliphatic carboxylic acids is 1. The molecule has 8 nitrogen and oxygen atoms in total. The smallest absolute Gasteiger partial charge is 0.303 e. The van der Waals surface area contributed by atoms with Crippen LogP contribution in [0.15, 0.2) is 47.6 Å². The van der Waals surface area contributed by atoms with Gasteiger partial charge >= 0.3 is 5.97 Å². The van der Waals surface area contributed by atoms with E-state index in [9.17, 15) is 18.3 Å². The number of pyridine rings is 1. The monoisotopic (exact) mass is 420 g/mol. The molecule has 0 bridgehead atoms. The van der Waals surface area contributed by atoms with Gasteiger partial charge in [-0.3, -0.25) is 14.0 Å². The molecular formula is C20H24N2O6S. The van der Waals surface area contributed by atoms with Crippen molar-refractivity contribution in [3.05, 3.63) is 53.9 Å². The van der Waals surface area contributed by atoms with E-state index in [1.165, 1.54) is 18.3 Å². The van der Waals surface area contributed by atoms with Crippen LogP contribution in [0.3, 0.4) is 0 Å². The van der Waals surface area contributed by atoms with Gasteiger partial charge in [0.1, 0.15) is 0 Å². The van der Waals surface area contributed by atoms with E-state index >= 15 is 0 Å². The third kappa shape index (κ3) is 5.31. The normalized spacial score (nSPS) is 22.3. The summed E-state index contributed by atoms with van der Waals surface area (Å²) in [6.45, 7) is 1.59. The lowest BCUT2D eigenvalue weighted by molar-refractivity contribution is -0.145. The van der Waals surface area contributed by atoms with Crippen molar-refractivity contribution in [2.45, 2.75) is 43.3 Å². The number of aryl methyl sites for hydroxylation is 1. The van der Waals surface area contributed by atoms with Crippen LogP contribution in [0, 0.1) is 12.8 Å². The lowest BCUT2D eigenvalue weighted by Crippen LogP contribution is -2.37. The van der Waals surface area contributed by atoms with Crippen molar-refractivity contribution in [2.75, 3.05) is 12.3 Å². The van der Waals surface area contributed by atoms with Gasteiger partial charge in [0, 0.05) is 11.8 Å². The van der Waals surface area contributed by atoms with Crippen molar-refractivity contribution >= 4 is 21.8 Å². The van der Waals surface area contributed by atoms with Gasteiger partial charge in [-0.2, -0.15) is 8.42 Å². The molecule has 1 aliphatic rings. The minimum atomic E-state index is -3.98. The molecule has 2 aromatic rings. The highest BCUT2D eigenvalue weighted by molar-refractivity contribution is 7.86. The number of nitrogens with two attached hydrogens (primary N) is 1. The maximum absolute atomic E-state index is 12.5. The number of carboxylic acid groups (broad SMARTS) is 1. The summed E-state index contributed by atoms with van der Waals surface area (Å²) in [5.41, 5.74) is 8.13. The Labute approximate surface area is 169 Å². The minimum absolute atomic E-state index is 0.0450. The van der Waals surface area contributed by atoms with E-state index in [0.717, 1.165) is 11.1 Å². The number of anilines is 1. The molecule has 0 radical (unpaired) electrons. The highest BCUT2D eigenvalue weighted by atomic mass is 32.2. The van der Waals surface area contributed by atoms with Crippen LogP contribution in [0.25, 0.3) is 0 Å². The number of hydrogen-bond donors (Lipinski definition) is 2. The summed E-state index contributed by atoms with van der Waals surface area (Å²) in [6.07, 6.45) is 3.06. The fraction of sp³-hybridized carbons (Fsp3) is 0.400. The first-order chi connectivity index (χ1) is 13.8. The van der Waals surface area contributed by atoms with E-state index in [1.54, 1.807) is 24.4 Å². The second-order valence-corrected chi connectivity index (χ2v) is 8.77. The maximum Gasteiger partial charge on any atom is 0.303 e. The number of nitrogen functional groups attached to an aromatic ring is 1. The van der Waals surface area contributed by atoms with Crippen LogP contribution in [-0.2, 0) is 23.8 Å². The van der Waals surface area contributed by atoms with Gasteiger partial charge in [0.25, 0.3) is 10.1 Å². The summed E-state index contributed by atoms with van der Waals surface area (Å²) in [7, 11) is -3.98. The summed E-state index contributed by atoms with van der Waals surface area (Å²) in [6, 6.07) is 8.06. The lowest BCUT2D eigenvalue weighted by atomic mass is 9.87. The van der Waals surface area contributed by atoms with Crippen molar-refractivity contribution in [1.82, 2.24) is 4.98 Å². The molecule has 3 atom stereocenters. The van der Waals surface area contributed by atoms with Gasteiger partial charge in [-0.15, -0.1) is 0 Å². The van der Waals surface area contributed by atoms with Crippen molar-refractivity contribution in [2.24, 2.45) is 5.92 Å². The molecule has 3 rings (SSSR count). The van der Waals surface area contributed by atoms with Gasteiger partial charge in [-0.1, -0.05) is 17.7 Å². The predicted octanol–water partition coefficient (Wildman–Crippen LogP) is 2.69. The third-order valence-electron chi connectivity index (χ3n) is 5.03. The molecule has 0 amide bonds. The number of ether oxygens (including phenoxy) is 1. The van der Waals surface area contributed by atoms with Crippen LogP contribution >= 0.6 is 0 Å². The van der Waals surface area contributed by atoms with Crippen molar-refractivity contribution in [3.63, 3.8) is 0 Å². The van der Waals surface area contributed by atoms with Crippen LogP contribution in [0.2, 0.25) is 0 Å². The summed E-state index contributed by atoms with van der Waals surface area (Å²) >= 11 is 0. The van der Waals surface area contributed by atoms with Gasteiger partial charge in [0.2, 0.25) is 0 Å². The number of nitrogens with zero attached hydrogens (tertiary/aromatic N) is 1. The molecule has 2 heterocycles. The Hall–Kier alpha value is -2.49. The van der Waals surface area contributed by atoms with Crippen LogP contribution in [0.4, 0.5) is 5.69 Å². The van der Waals surface area contributed by atoms with E-state index in [0.29, 0.717) is 18.5 Å². The average molecular weight is 420 g/mol. The minimum Gasteiger partial charge on any atom is -0.481 e. The highest BCUT2D eigenvalue weighted by Crippen LogP contribution is 2.38. The first kappa shape index (κ1) is 21.2. The van der Waals surface area contributed by atoms with Gasteiger partial charge in [-0.05, 0) is 43.9 Å². The van der Waals surface area contributed by atoms with Crippen molar-refractivity contribution in [1.29, 1.82) is 0 Å². The molecule has 0 saturated carbocycles. The summed E-state index contributed by atoms with van der Waals surface area (Å²) in [5.74, 6) is -1.33. The Morgan fingerprint density at radius 1 is 1.28 bits per heavy atom. The Morgan fingerprint density at radius 2 is 2.00 bits per heavy atom. The van der Waals surface area contributed by atoms with E-state index < -0.39 is 22.2 Å². The lowest BCUT2D eigenvalue weighted by Gasteiger charge is -2.36. The van der Waals surface area contributed by atoms with E-state index in [1.807, 2.05) is 6.92 Å². The second kappa shape index (κ2) is 8.89. The third-order valence-corrected chi connectivity index (χ3v) is 6.33. The zero-order valence-corrected chi connectivity index (χ0v) is 16.8. The Morgan fingerprint density at radius 3 is 2.66 bits per heavy atom. The van der Waals surface area contributed by atoms with Crippen LogP contribution in [0.1, 0.15) is 36.5 Å². The molecule has 1 saturated heterocycles. The molecule has 1 aromatic heterocycles. The SMILES string of the molecule is Cc1ccc(S(=O)(=O)OC[C@@H]2O[C@H](c3ccncc3N)CC[C@H]2CC(=O)O)cc1. The molecule has 0 aliphatic carbocycles. The second-order valence-electron chi connectivity index (χ2n) is 7.15. The fourth-order valence-electron chi connectivity index (χ4n) is 3.44. The van der Waals surface area contributed by atoms with E-state index in [2.05, 4.69) is 4.98 Å². The number of hydrogen-bond acceptors (Lipinski definition) is 7. The highest BCUT2D eigenvalue weighted by Gasteiger charge is 2.35. The van der Waals surface area contributed by atoms with Gasteiger partial charge < -0.3 is 15.6 Å². The molecule has 0 unspecified atom stereocenters. The van der Waals surface area contributed by atoms with Crippen molar-refractivity contribution < 1.29 is 27.2 Å². The molecular weight excluding hydrogens is 396 g/mol. The van der Waals surface area contributed by atoms with Crippen LogP contribution in [-0.4, -0.2) is 37.2 Å². The summed E-state index contributed by atoms with van der Waals surface area (Å²) < 4.78 is 36.3. The molecule has 1 aromatic carbocycles. The molecule has 1 fully saturated rings. The average Bonchev–Trinajstić information content (AvgIpc) is 2.68. The van der Waals surface area contributed by atoms with Gasteiger partial charge in [0.15, 0.2) is 0 Å². The molecule has 29 heavy (non-hydrogen) atoms. The fourth-order valence-corrected chi connectivity index (χ4v) is 4.36. The standard InChI is InChI=1S/C20H24N2O6S/c1-13-2-5-15(6-3-13)29(25,26)27-12-19-14(10-20(23)24)4-7-18(28-19)16-8-9-22-11-17(16)21/h2-3,5-6,8-9,11,14,18-19H,4,7,10,12,21H2,1H3,(H,23,24)/t14-,18-,19-/m0/s1. The summed E-state index contributed by atoms with van der Waals surface area (Å²) in [4.78, 5) is 15.2. The topological polar surface area (TPSA) is 129 Å². The van der Waals surface area contributed by atoms with Crippen LogP contribution < -0.4 is 5.73 Å². The van der Waals surface area contributed by atoms with E-state index in [-0.39, 0.29) is 29.9 Å². The maximum atomic E-state index is 12.5. The van der Waals surface area contributed by atoms with Crippen molar-refractivity contribution in [3.8, 4) is 0 Å². The Bertz CT molecular complexity index is 961. The predicted molar refractivity (Wildman–Crippen MR) is 106 cm³/mol. The Kier molecular flexibility index (Phi) is 6.51. The van der Waals surface area contributed by atoms with E-state index in [4.69, 9.17) is 14.7 Å². The number of rotatable bonds is 7. The number of carbonyl (C=O) groups is 1. The van der Waals surface area contributed by atoms with Gasteiger partial charge in [-0.25, -0.2) is 0 Å². The Balaban J connectivity index is 1.75. The zero-order chi connectivity index (χ0) is 21.0. The number of aromatic nitrogens is 1. The summed E-state index contributed by atoms with van der Waals surface area (Å²) in [5, 5.41) is 9.20. The van der Waals surface area contributed by atoms with Crippen LogP contribution in [0.5, 0.6) is 0 Å². The first-order valence-corrected chi connectivity index (χ1v) is 10.7. The number of carboxylic acids is 1. The molecule has 0 spiro atoms. The molecule has 9 heteroatoms. The zero-order valence-electron chi connectivity index (χ0n) is 16.0. The molecule has 156 valence electrons. The first-order valence-electron chi connectivity index (χ1n) is 9.29. The molecule has 1 aliphatic heterocycles. The number of benzene rings is 1. The molecule has 3 N–H and O–H groups in total. The quantitative estimate of drug-likeness (QED) is 0.654. The largest absolute Gasteiger partial charge is 0.481 e.